The molecule has 4 rings (SSSR count). The average molecular weight is 495 g/mol. The van der Waals surface area contributed by atoms with Crippen molar-refractivity contribution in [3.63, 3.8) is 0 Å². The molecule has 0 saturated carbocycles. The van der Waals surface area contributed by atoms with Crippen LogP contribution in [0.4, 0.5) is 0 Å². The summed E-state index contributed by atoms with van der Waals surface area (Å²) in [4.78, 5) is 25.1. The number of nitrogens with one attached hydrogen (secondary N) is 1. The summed E-state index contributed by atoms with van der Waals surface area (Å²) in [7, 11) is 3.14. The number of halogens is 1. The minimum absolute atomic E-state index is 0.316. The van der Waals surface area contributed by atoms with Crippen molar-refractivity contribution < 1.29 is 23.8 Å². The largest absolute Gasteiger partial charge is 0.497 e. The predicted molar refractivity (Wildman–Crippen MR) is 133 cm³/mol. The van der Waals surface area contributed by atoms with Crippen molar-refractivity contribution in [3.8, 4) is 17.2 Å². The first-order chi connectivity index (χ1) is 16.5. The van der Waals surface area contributed by atoms with E-state index >= 15 is 0 Å². The van der Waals surface area contributed by atoms with E-state index in [9.17, 15) is 9.59 Å². The smallest absolute Gasteiger partial charge is 0.355 e. The number of benzene rings is 3. The summed E-state index contributed by atoms with van der Waals surface area (Å²) >= 11 is 7.63. The molecule has 0 atom stereocenters. The fraction of sp³-hybridized carbons (Fsp3) is 0.0800. The van der Waals surface area contributed by atoms with Crippen molar-refractivity contribution in [3.05, 3.63) is 87.8 Å². The molecular formula is C25H19ClN2O5S. The number of fused-ring (bicyclic) bond motifs is 1. The van der Waals surface area contributed by atoms with Crippen molar-refractivity contribution in [1.82, 2.24) is 5.43 Å². The second kappa shape index (κ2) is 10.4. The third-order valence-corrected chi connectivity index (χ3v) is 6.48. The molecule has 0 unspecified atom stereocenters. The lowest BCUT2D eigenvalue weighted by atomic mass is 10.2. The van der Waals surface area contributed by atoms with Crippen LogP contribution < -0.4 is 19.6 Å². The van der Waals surface area contributed by atoms with E-state index in [-0.39, 0.29) is 5.91 Å². The Morgan fingerprint density at radius 1 is 0.912 bits per heavy atom. The van der Waals surface area contributed by atoms with Gasteiger partial charge in [0.25, 0.3) is 5.91 Å². The summed E-state index contributed by atoms with van der Waals surface area (Å²) in [6, 6.07) is 18.8. The molecule has 1 amide bonds. The molecule has 1 N–H and O–H groups in total. The van der Waals surface area contributed by atoms with Crippen molar-refractivity contribution in [2.45, 2.75) is 0 Å². The van der Waals surface area contributed by atoms with Crippen molar-refractivity contribution in [2.24, 2.45) is 5.10 Å². The lowest BCUT2D eigenvalue weighted by molar-refractivity contribution is 0.0739. The number of esters is 1. The first-order valence-electron chi connectivity index (χ1n) is 10.0. The molecule has 0 aliphatic heterocycles. The SMILES string of the molecule is COc1ccc(C(=O)N/N=C/c2ccc(OC(=O)c3sc4cc(OC)ccc4c3Cl)cc2)cc1. The summed E-state index contributed by atoms with van der Waals surface area (Å²) in [6.07, 6.45) is 1.49. The number of carbonyl (C=O) groups is 2. The van der Waals surface area contributed by atoms with Gasteiger partial charge in [0.05, 0.1) is 25.5 Å². The third kappa shape index (κ3) is 5.19. The van der Waals surface area contributed by atoms with Gasteiger partial charge in [-0.25, -0.2) is 10.2 Å². The standard InChI is InChI=1S/C25H19ClN2O5S/c1-31-17-9-5-16(6-10-17)24(29)28-27-14-15-3-7-18(8-4-15)33-25(30)23-22(26)20-12-11-19(32-2)13-21(20)34-23/h3-14H,1-2H3,(H,28,29)/b27-14+. The molecule has 1 aromatic heterocycles. The summed E-state index contributed by atoms with van der Waals surface area (Å²) in [5.41, 5.74) is 3.63. The molecule has 3 aromatic carbocycles. The van der Waals surface area contributed by atoms with Gasteiger partial charge in [-0.05, 0) is 72.3 Å². The number of methoxy groups -OCH3 is 2. The molecule has 0 bridgehead atoms. The Kier molecular flexibility index (Phi) is 7.10. The van der Waals surface area contributed by atoms with E-state index in [4.69, 9.17) is 25.8 Å². The fourth-order valence-corrected chi connectivity index (χ4v) is 4.46. The van der Waals surface area contributed by atoms with Gasteiger partial charge >= 0.3 is 5.97 Å². The highest BCUT2D eigenvalue weighted by atomic mass is 35.5. The van der Waals surface area contributed by atoms with Gasteiger partial charge in [-0.2, -0.15) is 5.10 Å². The Balaban J connectivity index is 1.37. The van der Waals surface area contributed by atoms with Gasteiger partial charge in [0.15, 0.2) is 0 Å². The van der Waals surface area contributed by atoms with E-state index in [1.807, 2.05) is 12.1 Å². The topological polar surface area (TPSA) is 86.2 Å². The minimum Gasteiger partial charge on any atom is -0.497 e. The Morgan fingerprint density at radius 2 is 1.56 bits per heavy atom. The normalized spacial score (nSPS) is 10.9. The number of hydrogen-bond donors (Lipinski definition) is 1. The molecule has 0 saturated heterocycles. The molecule has 0 aliphatic carbocycles. The first kappa shape index (κ1) is 23.3. The maximum Gasteiger partial charge on any atom is 0.355 e. The van der Waals surface area contributed by atoms with E-state index in [1.54, 1.807) is 68.8 Å². The third-order valence-electron chi connectivity index (χ3n) is 4.84. The molecule has 9 heteroatoms. The van der Waals surface area contributed by atoms with Gasteiger partial charge in [-0.3, -0.25) is 4.79 Å². The second-order valence-corrected chi connectivity index (χ2v) is 8.42. The minimum atomic E-state index is -0.543. The van der Waals surface area contributed by atoms with Gasteiger partial charge in [0.2, 0.25) is 0 Å². The van der Waals surface area contributed by atoms with Crippen molar-refractivity contribution >= 4 is 51.1 Å². The van der Waals surface area contributed by atoms with E-state index in [0.717, 1.165) is 10.1 Å². The highest BCUT2D eigenvalue weighted by Gasteiger charge is 2.19. The van der Waals surface area contributed by atoms with Crippen LogP contribution in [0.25, 0.3) is 10.1 Å². The highest BCUT2D eigenvalue weighted by Crippen LogP contribution is 2.37. The van der Waals surface area contributed by atoms with Crippen molar-refractivity contribution in [2.75, 3.05) is 14.2 Å². The molecule has 0 aliphatic rings. The van der Waals surface area contributed by atoms with Crippen LogP contribution in [-0.4, -0.2) is 32.3 Å². The number of hydrogen-bond acceptors (Lipinski definition) is 7. The summed E-state index contributed by atoms with van der Waals surface area (Å²) in [6.45, 7) is 0. The molecule has 172 valence electrons. The predicted octanol–water partition coefficient (Wildman–Crippen LogP) is 5.56. The Hall–Kier alpha value is -3.88. The number of thiophene rings is 1. The van der Waals surface area contributed by atoms with Gasteiger partial charge in [-0.1, -0.05) is 11.6 Å². The summed E-state index contributed by atoms with van der Waals surface area (Å²) < 4.78 is 16.6. The quantitative estimate of drug-likeness (QED) is 0.157. The zero-order valence-corrected chi connectivity index (χ0v) is 19.8. The second-order valence-electron chi connectivity index (χ2n) is 6.99. The zero-order valence-electron chi connectivity index (χ0n) is 18.2. The molecular weight excluding hydrogens is 476 g/mol. The highest BCUT2D eigenvalue weighted by molar-refractivity contribution is 7.21. The number of hydrazone groups is 1. The van der Waals surface area contributed by atoms with Crippen LogP contribution in [0.1, 0.15) is 25.6 Å². The van der Waals surface area contributed by atoms with Crippen molar-refractivity contribution in [1.29, 1.82) is 0 Å². The van der Waals surface area contributed by atoms with Crippen LogP contribution in [0.3, 0.4) is 0 Å². The molecule has 34 heavy (non-hydrogen) atoms. The average Bonchev–Trinajstić information content (AvgIpc) is 3.20. The fourth-order valence-electron chi connectivity index (χ4n) is 3.05. The van der Waals surface area contributed by atoms with Crippen LogP contribution in [-0.2, 0) is 0 Å². The monoisotopic (exact) mass is 494 g/mol. The lowest BCUT2D eigenvalue weighted by Gasteiger charge is -2.04. The van der Waals surface area contributed by atoms with Gasteiger partial charge < -0.3 is 14.2 Å². The number of rotatable bonds is 7. The lowest BCUT2D eigenvalue weighted by Crippen LogP contribution is -2.17. The number of nitrogens with zero attached hydrogens (tertiary/aromatic N) is 1. The zero-order chi connectivity index (χ0) is 24.1. The molecule has 0 fully saturated rings. The van der Waals surface area contributed by atoms with Crippen LogP contribution in [0.5, 0.6) is 17.2 Å². The van der Waals surface area contributed by atoms with Crippen LogP contribution in [0.2, 0.25) is 5.02 Å². The van der Waals surface area contributed by atoms with Crippen LogP contribution in [0, 0.1) is 0 Å². The Labute approximate surface area is 204 Å². The maximum atomic E-state index is 12.7. The van der Waals surface area contributed by atoms with E-state index < -0.39 is 5.97 Å². The number of ether oxygens (including phenoxy) is 3. The van der Waals surface area contributed by atoms with E-state index in [0.29, 0.717) is 38.3 Å². The van der Waals surface area contributed by atoms with Crippen LogP contribution >= 0.6 is 22.9 Å². The van der Waals surface area contributed by atoms with Gasteiger partial charge in [0.1, 0.15) is 22.1 Å². The van der Waals surface area contributed by atoms with Crippen LogP contribution in [0.15, 0.2) is 71.8 Å². The summed E-state index contributed by atoms with van der Waals surface area (Å²) in [5, 5.41) is 5.08. The van der Waals surface area contributed by atoms with E-state index in [2.05, 4.69) is 10.5 Å². The molecule has 1 heterocycles. The summed E-state index contributed by atoms with van der Waals surface area (Å²) in [5.74, 6) is 0.814. The van der Waals surface area contributed by atoms with Gasteiger partial charge in [-0.15, -0.1) is 11.3 Å². The number of carbonyl (C=O) groups excluding carboxylic acids is 2. The Bertz CT molecular complexity index is 1360. The molecule has 7 nitrogen and oxygen atoms in total. The Morgan fingerprint density at radius 3 is 2.24 bits per heavy atom. The maximum absolute atomic E-state index is 12.7. The molecule has 0 radical (unpaired) electrons. The first-order valence-corrected chi connectivity index (χ1v) is 11.2. The van der Waals surface area contributed by atoms with E-state index in [1.165, 1.54) is 17.6 Å². The number of amides is 1. The molecule has 0 spiro atoms. The molecule has 4 aromatic rings. The van der Waals surface area contributed by atoms with Gasteiger partial charge in [0, 0.05) is 15.6 Å².